The lowest BCUT2D eigenvalue weighted by molar-refractivity contribution is 1.05. The topological polar surface area (TPSA) is 0 Å². The molecule has 0 heterocycles. The lowest BCUT2D eigenvalue weighted by Gasteiger charge is -2.10. The second-order valence-corrected chi connectivity index (χ2v) is 5.52. The molecule has 2 aliphatic carbocycles. The fraction of sp³-hybridized carbons (Fsp3) is 0.278. The molecule has 1 atom stereocenters. The van der Waals surface area contributed by atoms with Crippen LogP contribution in [0.15, 0.2) is 59.2 Å². The van der Waals surface area contributed by atoms with Crippen molar-refractivity contribution in [3.8, 4) is 0 Å². The molecular formula is C18H18S. The highest BCUT2D eigenvalue weighted by Crippen LogP contribution is 2.46. The van der Waals surface area contributed by atoms with Crippen LogP contribution in [-0.4, -0.2) is 4.86 Å². The van der Waals surface area contributed by atoms with Crippen LogP contribution in [0.1, 0.15) is 32.3 Å². The van der Waals surface area contributed by atoms with Gasteiger partial charge in [-0.2, -0.15) is 0 Å². The molecule has 0 spiro atoms. The molecule has 0 N–H and O–H groups in total. The molecule has 1 unspecified atom stereocenters. The molecule has 0 saturated carbocycles. The van der Waals surface area contributed by atoms with Crippen LogP contribution in [-0.2, 0) is 0 Å². The molecule has 0 aliphatic heterocycles. The van der Waals surface area contributed by atoms with Crippen molar-refractivity contribution >= 4 is 22.7 Å². The van der Waals surface area contributed by atoms with Crippen molar-refractivity contribution < 1.29 is 0 Å². The Kier molecular flexibility index (Phi) is 3.24. The highest BCUT2D eigenvalue weighted by Gasteiger charge is 2.34. The van der Waals surface area contributed by atoms with E-state index in [2.05, 4.69) is 56.3 Å². The summed E-state index contributed by atoms with van der Waals surface area (Å²) < 4.78 is 0. The first-order chi connectivity index (χ1) is 9.26. The number of rotatable bonds is 3. The number of benzene rings is 1. The standard InChI is InChI=1S/C18H18S/c1-3-12-10-15(14-8-6-5-7-9-14)16-11-13(4-2)18(19)17(12)16/h5-11,16H,3-4H2,1-2H3. The smallest absolute Gasteiger partial charge is 0.0450 e. The molecular weight excluding hydrogens is 248 g/mol. The van der Waals surface area contributed by atoms with Gasteiger partial charge in [-0.25, -0.2) is 0 Å². The monoisotopic (exact) mass is 266 g/mol. The van der Waals surface area contributed by atoms with Crippen LogP contribution < -0.4 is 0 Å². The summed E-state index contributed by atoms with van der Waals surface area (Å²) in [5.74, 6) is 0.403. The Morgan fingerprint density at radius 1 is 1.05 bits per heavy atom. The Morgan fingerprint density at radius 2 is 1.79 bits per heavy atom. The van der Waals surface area contributed by atoms with Crippen molar-refractivity contribution in [2.24, 2.45) is 5.92 Å². The van der Waals surface area contributed by atoms with Gasteiger partial charge < -0.3 is 0 Å². The van der Waals surface area contributed by atoms with Gasteiger partial charge in [0, 0.05) is 10.8 Å². The summed E-state index contributed by atoms with van der Waals surface area (Å²) in [7, 11) is 0. The zero-order valence-electron chi connectivity index (χ0n) is 11.4. The first-order valence-corrected chi connectivity index (χ1v) is 7.42. The third-order valence-corrected chi connectivity index (χ3v) is 4.58. The summed E-state index contributed by atoms with van der Waals surface area (Å²) in [4.78, 5) is 1.10. The molecule has 0 bridgehead atoms. The molecule has 0 nitrogen and oxygen atoms in total. The number of hydrogen-bond acceptors (Lipinski definition) is 1. The highest BCUT2D eigenvalue weighted by atomic mass is 32.1. The van der Waals surface area contributed by atoms with Crippen molar-refractivity contribution in [3.05, 3.63) is 64.8 Å². The van der Waals surface area contributed by atoms with Crippen LogP contribution in [0, 0.1) is 5.92 Å². The van der Waals surface area contributed by atoms with E-state index in [0.29, 0.717) is 5.92 Å². The van der Waals surface area contributed by atoms with Crippen molar-refractivity contribution in [1.29, 1.82) is 0 Å². The van der Waals surface area contributed by atoms with E-state index in [0.717, 1.165) is 17.7 Å². The quantitative estimate of drug-likeness (QED) is 0.684. The highest BCUT2D eigenvalue weighted by molar-refractivity contribution is 7.81. The maximum absolute atomic E-state index is 5.66. The number of thiocarbonyl (C=S) groups is 1. The minimum atomic E-state index is 0.403. The second kappa shape index (κ2) is 4.90. The average molecular weight is 266 g/mol. The Bertz CT molecular complexity index is 614. The van der Waals surface area contributed by atoms with Crippen LogP contribution in [0.2, 0.25) is 0 Å². The summed E-state index contributed by atoms with van der Waals surface area (Å²) in [5, 5.41) is 0. The molecule has 0 saturated heterocycles. The molecule has 1 aromatic rings. The van der Waals surface area contributed by atoms with Gasteiger partial charge in [-0.3, -0.25) is 0 Å². The van der Waals surface area contributed by atoms with E-state index in [1.165, 1.54) is 27.9 Å². The maximum atomic E-state index is 5.66. The van der Waals surface area contributed by atoms with Crippen LogP contribution >= 0.6 is 12.2 Å². The minimum Gasteiger partial charge on any atom is -0.0795 e. The number of hydrogen-bond donors (Lipinski definition) is 0. The van der Waals surface area contributed by atoms with Gasteiger partial charge in [0.2, 0.25) is 0 Å². The summed E-state index contributed by atoms with van der Waals surface area (Å²) in [6, 6.07) is 10.7. The van der Waals surface area contributed by atoms with E-state index in [1.807, 2.05) is 0 Å². The number of allylic oxidation sites excluding steroid dienone is 6. The van der Waals surface area contributed by atoms with E-state index >= 15 is 0 Å². The Hall–Kier alpha value is -1.47. The first-order valence-electron chi connectivity index (χ1n) is 7.01. The Morgan fingerprint density at radius 3 is 2.42 bits per heavy atom. The van der Waals surface area contributed by atoms with Crippen molar-refractivity contribution in [2.45, 2.75) is 26.7 Å². The summed E-state index contributed by atoms with van der Waals surface area (Å²) >= 11 is 5.66. The van der Waals surface area contributed by atoms with Crippen LogP contribution in [0.5, 0.6) is 0 Å². The predicted octanol–water partition coefficient (Wildman–Crippen LogP) is 5.13. The Labute approximate surface area is 120 Å². The molecule has 0 aromatic heterocycles. The van der Waals surface area contributed by atoms with Gasteiger partial charge in [0.1, 0.15) is 0 Å². The van der Waals surface area contributed by atoms with E-state index in [9.17, 15) is 0 Å². The van der Waals surface area contributed by atoms with Crippen molar-refractivity contribution in [3.63, 3.8) is 0 Å². The van der Waals surface area contributed by atoms with Gasteiger partial charge in [-0.1, -0.05) is 68.5 Å². The lowest BCUT2D eigenvalue weighted by Crippen LogP contribution is -2.02. The van der Waals surface area contributed by atoms with Gasteiger partial charge in [0.05, 0.1) is 0 Å². The van der Waals surface area contributed by atoms with Gasteiger partial charge in [0.25, 0.3) is 0 Å². The van der Waals surface area contributed by atoms with Crippen LogP contribution in [0.4, 0.5) is 0 Å². The van der Waals surface area contributed by atoms with Gasteiger partial charge in [0.15, 0.2) is 0 Å². The minimum absolute atomic E-state index is 0.403. The normalized spacial score (nSPS) is 21.6. The zero-order valence-corrected chi connectivity index (χ0v) is 12.3. The predicted molar refractivity (Wildman–Crippen MR) is 86.2 cm³/mol. The number of fused-ring (bicyclic) bond motifs is 1. The molecule has 0 amide bonds. The average Bonchev–Trinajstić information content (AvgIpc) is 2.97. The van der Waals surface area contributed by atoms with Gasteiger partial charge in [-0.05, 0) is 40.7 Å². The molecule has 19 heavy (non-hydrogen) atoms. The van der Waals surface area contributed by atoms with E-state index in [1.54, 1.807) is 0 Å². The summed E-state index contributed by atoms with van der Waals surface area (Å²) in [6.45, 7) is 4.41. The lowest BCUT2D eigenvalue weighted by atomic mass is 9.93. The van der Waals surface area contributed by atoms with Crippen molar-refractivity contribution in [1.82, 2.24) is 0 Å². The fourth-order valence-electron chi connectivity index (χ4n) is 3.08. The van der Waals surface area contributed by atoms with E-state index in [-0.39, 0.29) is 0 Å². The SMILES string of the molecule is CCC1=CC2C(c3ccccc3)=CC(CC)=C2C1=S. The molecule has 2 aliphatic rings. The van der Waals surface area contributed by atoms with E-state index < -0.39 is 0 Å². The first kappa shape index (κ1) is 12.6. The molecule has 0 fully saturated rings. The second-order valence-electron chi connectivity index (χ2n) is 5.11. The van der Waals surface area contributed by atoms with Crippen molar-refractivity contribution in [2.75, 3.05) is 0 Å². The summed E-state index contributed by atoms with van der Waals surface area (Å²) in [6.07, 6.45) is 6.83. The largest absolute Gasteiger partial charge is 0.0795 e. The van der Waals surface area contributed by atoms with E-state index in [4.69, 9.17) is 12.2 Å². The third kappa shape index (κ3) is 1.93. The van der Waals surface area contributed by atoms with Crippen LogP contribution in [0.3, 0.4) is 0 Å². The Balaban J connectivity index is 2.08. The molecule has 1 aromatic carbocycles. The molecule has 3 rings (SSSR count). The maximum Gasteiger partial charge on any atom is 0.0450 e. The zero-order chi connectivity index (χ0) is 13.4. The van der Waals surface area contributed by atoms with Crippen LogP contribution in [0.25, 0.3) is 5.57 Å². The molecule has 1 heteroatoms. The third-order valence-electron chi connectivity index (χ3n) is 4.09. The molecule has 96 valence electrons. The van der Waals surface area contributed by atoms with Gasteiger partial charge >= 0.3 is 0 Å². The fourth-order valence-corrected chi connectivity index (χ4v) is 3.56. The summed E-state index contributed by atoms with van der Waals surface area (Å²) in [5.41, 5.74) is 6.91. The molecule has 0 radical (unpaired) electrons. The van der Waals surface area contributed by atoms with Gasteiger partial charge in [-0.15, -0.1) is 0 Å².